The maximum Gasteiger partial charge on any atom is 0.120 e. The smallest absolute Gasteiger partial charge is 0.120 e. The van der Waals surface area contributed by atoms with Gasteiger partial charge in [-0.2, -0.15) is 0 Å². The standard InChI is InChI=1S/C14H23ClN2O/c1-12(2)11-17-7-6-16-8-9-18-14-5-3-4-13(15)10-14/h3-5,10,12,16-17H,6-9,11H2,1-2H3. The minimum atomic E-state index is 0.657. The molecule has 2 N–H and O–H groups in total. The Labute approximate surface area is 115 Å². The third kappa shape index (κ3) is 7.54. The molecule has 0 spiro atoms. The van der Waals surface area contributed by atoms with Crippen LogP contribution in [-0.2, 0) is 0 Å². The van der Waals surface area contributed by atoms with Crippen molar-refractivity contribution >= 4 is 11.6 Å². The van der Waals surface area contributed by atoms with Gasteiger partial charge in [0.2, 0.25) is 0 Å². The Balaban J connectivity index is 1.96. The van der Waals surface area contributed by atoms with E-state index < -0.39 is 0 Å². The molecule has 18 heavy (non-hydrogen) atoms. The molecule has 0 radical (unpaired) electrons. The van der Waals surface area contributed by atoms with Gasteiger partial charge in [0.1, 0.15) is 12.4 Å². The van der Waals surface area contributed by atoms with Gasteiger partial charge >= 0.3 is 0 Å². The van der Waals surface area contributed by atoms with E-state index in [9.17, 15) is 0 Å². The fourth-order valence-electron chi connectivity index (χ4n) is 1.49. The van der Waals surface area contributed by atoms with Gasteiger partial charge in [-0.05, 0) is 30.7 Å². The monoisotopic (exact) mass is 270 g/mol. The number of hydrogen-bond donors (Lipinski definition) is 2. The van der Waals surface area contributed by atoms with Crippen molar-refractivity contribution in [2.45, 2.75) is 13.8 Å². The molecule has 0 saturated carbocycles. The molecule has 1 aromatic carbocycles. The molecule has 0 aromatic heterocycles. The third-order valence-corrected chi connectivity index (χ3v) is 2.61. The van der Waals surface area contributed by atoms with Crippen LogP contribution in [-0.4, -0.2) is 32.8 Å². The number of ether oxygens (including phenoxy) is 1. The van der Waals surface area contributed by atoms with Crippen LogP contribution in [0.2, 0.25) is 5.02 Å². The maximum atomic E-state index is 5.86. The first-order chi connectivity index (χ1) is 8.68. The van der Waals surface area contributed by atoms with Crippen LogP contribution in [0.1, 0.15) is 13.8 Å². The van der Waals surface area contributed by atoms with E-state index in [1.807, 2.05) is 24.3 Å². The van der Waals surface area contributed by atoms with E-state index in [2.05, 4.69) is 24.5 Å². The Morgan fingerprint density at radius 2 is 1.94 bits per heavy atom. The van der Waals surface area contributed by atoms with Crippen LogP contribution < -0.4 is 15.4 Å². The number of rotatable bonds is 9. The maximum absolute atomic E-state index is 5.86. The highest BCUT2D eigenvalue weighted by Gasteiger charge is 1.95. The predicted molar refractivity (Wildman–Crippen MR) is 77.5 cm³/mol. The lowest BCUT2D eigenvalue weighted by atomic mass is 10.2. The lowest BCUT2D eigenvalue weighted by molar-refractivity contribution is 0.314. The molecule has 0 unspecified atom stereocenters. The van der Waals surface area contributed by atoms with Gasteiger partial charge in [-0.3, -0.25) is 0 Å². The molecule has 0 aliphatic carbocycles. The first kappa shape index (κ1) is 15.3. The number of halogens is 1. The summed E-state index contributed by atoms with van der Waals surface area (Å²) >= 11 is 5.86. The van der Waals surface area contributed by atoms with Crippen LogP contribution in [0.5, 0.6) is 5.75 Å². The average molecular weight is 271 g/mol. The predicted octanol–water partition coefficient (Wildman–Crippen LogP) is 2.55. The van der Waals surface area contributed by atoms with Gasteiger partial charge in [-0.1, -0.05) is 31.5 Å². The van der Waals surface area contributed by atoms with Crippen molar-refractivity contribution in [3.63, 3.8) is 0 Å². The van der Waals surface area contributed by atoms with Gasteiger partial charge in [-0.15, -0.1) is 0 Å². The van der Waals surface area contributed by atoms with Gasteiger partial charge in [0.25, 0.3) is 0 Å². The van der Waals surface area contributed by atoms with Crippen LogP contribution in [0.15, 0.2) is 24.3 Å². The lowest BCUT2D eigenvalue weighted by Crippen LogP contribution is -2.31. The average Bonchev–Trinajstić information content (AvgIpc) is 2.32. The zero-order valence-electron chi connectivity index (χ0n) is 11.2. The zero-order chi connectivity index (χ0) is 13.2. The van der Waals surface area contributed by atoms with Crippen molar-refractivity contribution < 1.29 is 4.74 Å². The summed E-state index contributed by atoms with van der Waals surface area (Å²) in [5.74, 6) is 1.53. The minimum absolute atomic E-state index is 0.657. The summed E-state index contributed by atoms with van der Waals surface area (Å²) in [5.41, 5.74) is 0. The van der Waals surface area contributed by atoms with Crippen LogP contribution in [0.25, 0.3) is 0 Å². The first-order valence-electron chi connectivity index (χ1n) is 6.48. The quantitative estimate of drug-likeness (QED) is 0.677. The zero-order valence-corrected chi connectivity index (χ0v) is 12.0. The largest absolute Gasteiger partial charge is 0.492 e. The summed E-state index contributed by atoms with van der Waals surface area (Å²) in [6.45, 7) is 8.95. The molecule has 0 bridgehead atoms. The summed E-state index contributed by atoms with van der Waals surface area (Å²) in [5, 5.41) is 7.41. The minimum Gasteiger partial charge on any atom is -0.492 e. The molecular formula is C14H23ClN2O. The fraction of sp³-hybridized carbons (Fsp3) is 0.571. The Hall–Kier alpha value is -0.770. The third-order valence-electron chi connectivity index (χ3n) is 2.37. The highest BCUT2D eigenvalue weighted by molar-refractivity contribution is 6.30. The molecule has 1 rings (SSSR count). The topological polar surface area (TPSA) is 33.3 Å². The summed E-state index contributed by atoms with van der Waals surface area (Å²) < 4.78 is 5.56. The van der Waals surface area contributed by atoms with Crippen LogP contribution in [0.3, 0.4) is 0 Å². The van der Waals surface area contributed by atoms with Crippen molar-refractivity contribution in [1.82, 2.24) is 10.6 Å². The van der Waals surface area contributed by atoms with Crippen LogP contribution in [0.4, 0.5) is 0 Å². The first-order valence-corrected chi connectivity index (χ1v) is 6.86. The van der Waals surface area contributed by atoms with Crippen molar-refractivity contribution in [2.75, 3.05) is 32.8 Å². The number of hydrogen-bond acceptors (Lipinski definition) is 3. The van der Waals surface area contributed by atoms with E-state index in [0.29, 0.717) is 17.5 Å². The number of nitrogens with one attached hydrogen (secondary N) is 2. The summed E-state index contributed by atoms with van der Waals surface area (Å²) in [7, 11) is 0. The molecule has 3 nitrogen and oxygen atoms in total. The van der Waals surface area contributed by atoms with Crippen molar-refractivity contribution in [3.05, 3.63) is 29.3 Å². The molecule has 0 fully saturated rings. The van der Waals surface area contributed by atoms with Crippen LogP contribution in [0, 0.1) is 5.92 Å². The van der Waals surface area contributed by atoms with Crippen molar-refractivity contribution in [2.24, 2.45) is 5.92 Å². The molecule has 0 amide bonds. The van der Waals surface area contributed by atoms with Gasteiger partial charge < -0.3 is 15.4 Å². The highest BCUT2D eigenvalue weighted by atomic mass is 35.5. The van der Waals surface area contributed by atoms with Gasteiger partial charge in [-0.25, -0.2) is 0 Å². The molecule has 0 aliphatic rings. The Bertz CT molecular complexity index is 331. The second kappa shape index (κ2) is 9.20. The van der Waals surface area contributed by atoms with Gasteiger partial charge in [0.15, 0.2) is 0 Å². The second-order valence-electron chi connectivity index (χ2n) is 4.65. The Kier molecular flexibility index (Phi) is 7.81. The van der Waals surface area contributed by atoms with E-state index in [1.165, 1.54) is 0 Å². The molecule has 1 aromatic rings. The van der Waals surface area contributed by atoms with Crippen molar-refractivity contribution in [3.8, 4) is 5.75 Å². The van der Waals surface area contributed by atoms with Crippen LogP contribution >= 0.6 is 11.6 Å². The molecule has 0 atom stereocenters. The van der Waals surface area contributed by atoms with E-state index in [-0.39, 0.29) is 0 Å². The molecule has 102 valence electrons. The molecular weight excluding hydrogens is 248 g/mol. The number of benzene rings is 1. The fourth-order valence-corrected chi connectivity index (χ4v) is 1.67. The van der Waals surface area contributed by atoms with E-state index in [4.69, 9.17) is 16.3 Å². The highest BCUT2D eigenvalue weighted by Crippen LogP contribution is 2.16. The Morgan fingerprint density at radius 3 is 2.67 bits per heavy atom. The summed E-state index contributed by atoms with van der Waals surface area (Å²) in [6.07, 6.45) is 0. The van der Waals surface area contributed by atoms with Crippen molar-refractivity contribution in [1.29, 1.82) is 0 Å². The summed E-state index contributed by atoms with van der Waals surface area (Å²) in [6, 6.07) is 7.47. The normalized spacial score (nSPS) is 10.9. The molecule has 0 saturated heterocycles. The van der Waals surface area contributed by atoms with Gasteiger partial charge in [0, 0.05) is 24.7 Å². The molecule has 0 aliphatic heterocycles. The Morgan fingerprint density at radius 1 is 1.17 bits per heavy atom. The second-order valence-corrected chi connectivity index (χ2v) is 5.09. The summed E-state index contributed by atoms with van der Waals surface area (Å²) in [4.78, 5) is 0. The van der Waals surface area contributed by atoms with Gasteiger partial charge in [0.05, 0.1) is 0 Å². The molecule has 4 heteroatoms. The SMILES string of the molecule is CC(C)CNCCNCCOc1cccc(Cl)c1. The lowest BCUT2D eigenvalue weighted by Gasteiger charge is -2.09. The van der Waals surface area contributed by atoms with E-state index in [1.54, 1.807) is 0 Å². The van der Waals surface area contributed by atoms with E-state index in [0.717, 1.165) is 31.9 Å². The molecule has 0 heterocycles. The van der Waals surface area contributed by atoms with E-state index >= 15 is 0 Å².